The molecule has 1 aromatic carbocycles. The van der Waals surface area contributed by atoms with E-state index in [2.05, 4.69) is 10.3 Å². The number of carbonyl (C=O) groups excluding carboxylic acids is 2. The predicted octanol–water partition coefficient (Wildman–Crippen LogP) is 2.99. The molecule has 1 aromatic heterocycles. The van der Waals surface area contributed by atoms with Crippen molar-refractivity contribution in [1.82, 2.24) is 9.88 Å². The van der Waals surface area contributed by atoms with Crippen LogP contribution in [0.5, 0.6) is 5.75 Å². The molecule has 1 N–H and O–H groups in total. The van der Waals surface area contributed by atoms with Crippen molar-refractivity contribution in [2.24, 2.45) is 0 Å². The smallest absolute Gasteiger partial charge is 0.266 e. The second kappa shape index (κ2) is 7.77. The zero-order valence-electron chi connectivity index (χ0n) is 13.1. The molecule has 1 aliphatic rings. The van der Waals surface area contributed by atoms with Gasteiger partial charge in [0.15, 0.2) is 5.13 Å². The molecule has 1 fully saturated rings. The maximum absolute atomic E-state index is 12.5. The average molecular weight is 391 g/mol. The Morgan fingerprint density at radius 3 is 2.80 bits per heavy atom. The summed E-state index contributed by atoms with van der Waals surface area (Å²) in [5, 5.41) is 4.89. The molecule has 2 aromatic rings. The minimum absolute atomic E-state index is 0.135. The molecule has 0 aliphatic carbocycles. The van der Waals surface area contributed by atoms with Crippen LogP contribution in [0.2, 0.25) is 0 Å². The van der Waals surface area contributed by atoms with Gasteiger partial charge in [-0.25, -0.2) is 4.98 Å². The Labute approximate surface area is 157 Å². The lowest BCUT2D eigenvalue weighted by molar-refractivity contribution is -0.126. The quantitative estimate of drug-likeness (QED) is 0.624. The minimum Gasteiger partial charge on any atom is -0.497 e. The maximum Gasteiger partial charge on any atom is 0.266 e. The third-order valence-electron chi connectivity index (χ3n) is 3.27. The molecule has 0 spiro atoms. The van der Waals surface area contributed by atoms with E-state index in [1.165, 1.54) is 28.0 Å². The normalized spacial score (nSPS) is 15.7. The second-order valence-corrected chi connectivity index (χ2v) is 7.50. The van der Waals surface area contributed by atoms with Crippen molar-refractivity contribution in [2.75, 3.05) is 19.0 Å². The van der Waals surface area contributed by atoms with Gasteiger partial charge in [0.2, 0.25) is 5.91 Å². The molecule has 1 saturated heterocycles. The number of ether oxygens (including phenoxy) is 1. The molecule has 0 radical (unpaired) electrons. The van der Waals surface area contributed by atoms with Crippen LogP contribution in [-0.4, -0.2) is 39.7 Å². The van der Waals surface area contributed by atoms with Crippen LogP contribution in [0.15, 0.2) is 40.7 Å². The SMILES string of the molecule is COc1ccc(/C=C2/SC(=S)N(CC(=O)Nc3nccs3)C2=O)cc1. The van der Waals surface area contributed by atoms with E-state index in [-0.39, 0.29) is 18.4 Å². The van der Waals surface area contributed by atoms with Gasteiger partial charge in [-0.05, 0) is 23.8 Å². The summed E-state index contributed by atoms with van der Waals surface area (Å²) in [6.07, 6.45) is 3.34. The van der Waals surface area contributed by atoms with Gasteiger partial charge < -0.3 is 10.1 Å². The number of methoxy groups -OCH3 is 1. The summed E-state index contributed by atoms with van der Waals surface area (Å²) in [5.41, 5.74) is 0.855. The van der Waals surface area contributed by atoms with Gasteiger partial charge in [-0.2, -0.15) is 0 Å². The fourth-order valence-corrected chi connectivity index (χ4v) is 3.88. The summed E-state index contributed by atoms with van der Waals surface area (Å²) in [4.78, 5) is 30.3. The maximum atomic E-state index is 12.5. The molecule has 0 unspecified atom stereocenters. The van der Waals surface area contributed by atoms with Gasteiger partial charge in [0.1, 0.15) is 16.6 Å². The van der Waals surface area contributed by atoms with Gasteiger partial charge in [0.05, 0.1) is 12.0 Å². The first-order valence-electron chi connectivity index (χ1n) is 7.15. The molecule has 0 saturated carbocycles. The molecule has 1 aliphatic heterocycles. The molecule has 0 atom stereocenters. The number of amides is 2. The van der Waals surface area contributed by atoms with Crippen molar-refractivity contribution in [2.45, 2.75) is 0 Å². The number of benzene rings is 1. The van der Waals surface area contributed by atoms with Crippen LogP contribution >= 0.6 is 35.3 Å². The Bertz CT molecular complexity index is 832. The van der Waals surface area contributed by atoms with Gasteiger partial charge in [0.25, 0.3) is 5.91 Å². The third-order valence-corrected chi connectivity index (χ3v) is 5.33. The number of rotatable bonds is 5. The highest BCUT2D eigenvalue weighted by atomic mass is 32.2. The van der Waals surface area contributed by atoms with Crippen LogP contribution in [0.4, 0.5) is 5.13 Å². The van der Waals surface area contributed by atoms with E-state index in [0.717, 1.165) is 11.3 Å². The number of nitrogens with zero attached hydrogens (tertiary/aromatic N) is 2. The van der Waals surface area contributed by atoms with Gasteiger partial charge in [-0.1, -0.05) is 36.1 Å². The van der Waals surface area contributed by atoms with Gasteiger partial charge in [-0.3, -0.25) is 14.5 Å². The first-order chi connectivity index (χ1) is 12.1. The van der Waals surface area contributed by atoms with Crippen LogP contribution in [0, 0.1) is 0 Å². The topological polar surface area (TPSA) is 71.5 Å². The van der Waals surface area contributed by atoms with Crippen molar-refractivity contribution in [3.05, 3.63) is 46.3 Å². The van der Waals surface area contributed by atoms with Crippen LogP contribution in [0.1, 0.15) is 5.56 Å². The van der Waals surface area contributed by atoms with E-state index in [1.54, 1.807) is 24.8 Å². The van der Waals surface area contributed by atoms with Crippen LogP contribution in [0.3, 0.4) is 0 Å². The summed E-state index contributed by atoms with van der Waals surface area (Å²) >= 11 is 7.72. The first-order valence-corrected chi connectivity index (χ1v) is 9.26. The van der Waals surface area contributed by atoms with Crippen molar-refractivity contribution >= 4 is 62.7 Å². The summed E-state index contributed by atoms with van der Waals surface area (Å²) < 4.78 is 5.47. The van der Waals surface area contributed by atoms with E-state index in [4.69, 9.17) is 17.0 Å². The van der Waals surface area contributed by atoms with Crippen molar-refractivity contribution < 1.29 is 14.3 Å². The lowest BCUT2D eigenvalue weighted by atomic mass is 10.2. The standard InChI is InChI=1S/C16H13N3O3S3/c1-22-11-4-2-10(3-5-11)8-12-14(21)19(16(23)25-12)9-13(20)18-15-17-6-7-24-15/h2-8H,9H2,1H3,(H,17,18,20)/b12-8+. The molecule has 0 bridgehead atoms. The second-order valence-electron chi connectivity index (χ2n) is 4.93. The predicted molar refractivity (Wildman–Crippen MR) is 104 cm³/mol. The molecular weight excluding hydrogens is 378 g/mol. The molecule has 6 nitrogen and oxygen atoms in total. The highest BCUT2D eigenvalue weighted by Crippen LogP contribution is 2.32. The molecule has 128 valence electrons. The number of nitrogens with one attached hydrogen (secondary N) is 1. The molecule has 25 heavy (non-hydrogen) atoms. The molecule has 3 rings (SSSR count). The monoisotopic (exact) mass is 391 g/mol. The number of thioether (sulfide) groups is 1. The number of hydrogen-bond donors (Lipinski definition) is 1. The zero-order chi connectivity index (χ0) is 17.8. The largest absolute Gasteiger partial charge is 0.497 e. The number of aromatic nitrogens is 1. The average Bonchev–Trinajstić information content (AvgIpc) is 3.20. The number of thiazole rings is 1. The fourth-order valence-electron chi connectivity index (χ4n) is 2.08. The molecule has 2 heterocycles. The van der Waals surface area contributed by atoms with Crippen LogP contribution < -0.4 is 10.1 Å². The molecular formula is C16H13N3O3S3. The lowest BCUT2D eigenvalue weighted by Gasteiger charge is -2.13. The first kappa shape index (κ1) is 17.6. The number of hydrogen-bond acceptors (Lipinski definition) is 7. The van der Waals surface area contributed by atoms with Gasteiger partial charge >= 0.3 is 0 Å². The van der Waals surface area contributed by atoms with Gasteiger partial charge in [0, 0.05) is 11.6 Å². The van der Waals surface area contributed by atoms with Gasteiger partial charge in [-0.15, -0.1) is 11.3 Å². The number of anilines is 1. The summed E-state index contributed by atoms with van der Waals surface area (Å²) in [5.74, 6) is 0.126. The Morgan fingerprint density at radius 1 is 1.40 bits per heavy atom. The Balaban J connectivity index is 1.68. The molecule has 2 amide bonds. The summed E-state index contributed by atoms with van der Waals surface area (Å²) in [6, 6.07) is 7.32. The Hall–Kier alpha value is -2.23. The minimum atomic E-state index is -0.336. The van der Waals surface area contributed by atoms with E-state index in [1.807, 2.05) is 24.3 Å². The summed E-state index contributed by atoms with van der Waals surface area (Å²) in [6.45, 7) is -0.135. The Morgan fingerprint density at radius 2 is 2.16 bits per heavy atom. The number of thiocarbonyl (C=S) groups is 1. The van der Waals surface area contributed by atoms with Crippen LogP contribution in [0.25, 0.3) is 6.08 Å². The van der Waals surface area contributed by atoms with Crippen molar-refractivity contribution in [3.8, 4) is 5.75 Å². The lowest BCUT2D eigenvalue weighted by Crippen LogP contribution is -2.36. The van der Waals surface area contributed by atoms with Crippen LogP contribution in [-0.2, 0) is 9.59 Å². The van der Waals surface area contributed by atoms with E-state index >= 15 is 0 Å². The third kappa shape index (κ3) is 4.25. The Kier molecular flexibility index (Phi) is 5.47. The van der Waals surface area contributed by atoms with E-state index in [0.29, 0.717) is 14.4 Å². The van der Waals surface area contributed by atoms with Crippen molar-refractivity contribution in [3.63, 3.8) is 0 Å². The highest BCUT2D eigenvalue weighted by Gasteiger charge is 2.33. The fraction of sp³-hybridized carbons (Fsp3) is 0.125. The number of carbonyl (C=O) groups is 2. The summed E-state index contributed by atoms with van der Waals surface area (Å²) in [7, 11) is 1.59. The van der Waals surface area contributed by atoms with E-state index < -0.39 is 0 Å². The van der Waals surface area contributed by atoms with Crippen molar-refractivity contribution in [1.29, 1.82) is 0 Å². The highest BCUT2D eigenvalue weighted by molar-refractivity contribution is 8.26. The van der Waals surface area contributed by atoms with E-state index in [9.17, 15) is 9.59 Å². The molecule has 9 heteroatoms. The zero-order valence-corrected chi connectivity index (χ0v) is 15.5.